The van der Waals surface area contributed by atoms with Crippen molar-refractivity contribution < 1.29 is 17.6 Å². The van der Waals surface area contributed by atoms with Gasteiger partial charge in [-0.25, -0.2) is 17.8 Å². The van der Waals surface area contributed by atoms with Crippen molar-refractivity contribution in [1.82, 2.24) is 24.4 Å². The lowest BCUT2D eigenvalue weighted by atomic mass is 10.3. The van der Waals surface area contributed by atoms with Crippen molar-refractivity contribution in [1.29, 1.82) is 0 Å². The van der Waals surface area contributed by atoms with E-state index < -0.39 is 15.8 Å². The SMILES string of the molecule is O=C(CSc1ncn[nH]1)N1CCN(S(=O)(=O)c2ccc(F)cc2)CC1. The number of thioether (sulfide) groups is 1. The molecule has 0 radical (unpaired) electrons. The Bertz CT molecular complexity index is 819. The molecule has 0 atom stereocenters. The maximum Gasteiger partial charge on any atom is 0.243 e. The second-order valence-electron chi connectivity index (χ2n) is 5.32. The Labute approximate surface area is 148 Å². The number of halogens is 1. The van der Waals surface area contributed by atoms with Crippen LogP contribution in [0.15, 0.2) is 40.6 Å². The average molecular weight is 385 g/mol. The Morgan fingerprint density at radius 2 is 1.88 bits per heavy atom. The second-order valence-corrected chi connectivity index (χ2v) is 8.22. The molecule has 1 N–H and O–H groups in total. The monoisotopic (exact) mass is 385 g/mol. The average Bonchev–Trinajstić information content (AvgIpc) is 3.14. The maximum atomic E-state index is 13.0. The molecule has 2 heterocycles. The van der Waals surface area contributed by atoms with Gasteiger partial charge in [0.15, 0.2) is 5.16 Å². The van der Waals surface area contributed by atoms with Crippen molar-refractivity contribution in [2.75, 3.05) is 31.9 Å². The first-order chi connectivity index (χ1) is 12.0. The summed E-state index contributed by atoms with van der Waals surface area (Å²) in [5, 5.41) is 6.93. The van der Waals surface area contributed by atoms with Crippen LogP contribution in [-0.2, 0) is 14.8 Å². The normalized spacial score (nSPS) is 16.1. The first-order valence-corrected chi connectivity index (χ1v) is 9.91. The Balaban J connectivity index is 1.55. The molecule has 1 saturated heterocycles. The highest BCUT2D eigenvalue weighted by Crippen LogP contribution is 2.19. The van der Waals surface area contributed by atoms with Gasteiger partial charge in [0.05, 0.1) is 10.6 Å². The van der Waals surface area contributed by atoms with Gasteiger partial charge in [0.1, 0.15) is 12.1 Å². The second kappa shape index (κ2) is 7.50. The summed E-state index contributed by atoms with van der Waals surface area (Å²) in [6, 6.07) is 4.73. The molecule has 0 unspecified atom stereocenters. The number of amides is 1. The fourth-order valence-electron chi connectivity index (χ4n) is 2.42. The van der Waals surface area contributed by atoms with E-state index in [-0.39, 0.29) is 29.6 Å². The Morgan fingerprint density at radius 1 is 1.20 bits per heavy atom. The van der Waals surface area contributed by atoms with Gasteiger partial charge >= 0.3 is 0 Å². The van der Waals surface area contributed by atoms with Gasteiger partial charge in [-0.15, -0.1) is 0 Å². The molecular formula is C14H16FN5O3S2. The number of carbonyl (C=O) groups is 1. The minimum atomic E-state index is -3.68. The molecule has 0 aliphatic carbocycles. The lowest BCUT2D eigenvalue weighted by molar-refractivity contribution is -0.129. The van der Waals surface area contributed by atoms with Crippen molar-refractivity contribution in [3.8, 4) is 0 Å². The number of hydrogen-bond donors (Lipinski definition) is 1. The van der Waals surface area contributed by atoms with Crippen molar-refractivity contribution >= 4 is 27.7 Å². The molecule has 25 heavy (non-hydrogen) atoms. The van der Waals surface area contributed by atoms with E-state index in [9.17, 15) is 17.6 Å². The van der Waals surface area contributed by atoms with Gasteiger partial charge in [0.2, 0.25) is 15.9 Å². The molecule has 3 rings (SSSR count). The molecule has 2 aromatic rings. The van der Waals surface area contributed by atoms with E-state index in [1.165, 1.54) is 34.5 Å². The Morgan fingerprint density at radius 3 is 2.48 bits per heavy atom. The standard InChI is InChI=1S/C14H16FN5O3S2/c15-11-1-3-12(4-2-11)25(22,23)20-7-5-19(6-8-20)13(21)9-24-14-16-10-17-18-14/h1-4,10H,5-9H2,(H,16,17,18). The third-order valence-corrected chi connectivity index (χ3v) is 6.54. The summed E-state index contributed by atoms with van der Waals surface area (Å²) in [5.41, 5.74) is 0. The topological polar surface area (TPSA) is 99.3 Å². The van der Waals surface area contributed by atoms with Crippen LogP contribution in [0.25, 0.3) is 0 Å². The smallest absolute Gasteiger partial charge is 0.243 e. The minimum absolute atomic E-state index is 0.0505. The number of aromatic amines is 1. The summed E-state index contributed by atoms with van der Waals surface area (Å²) in [4.78, 5) is 17.8. The van der Waals surface area contributed by atoms with Crippen molar-refractivity contribution in [3.63, 3.8) is 0 Å². The molecule has 1 aliphatic heterocycles. The zero-order valence-electron chi connectivity index (χ0n) is 13.1. The van der Waals surface area contributed by atoms with Gasteiger partial charge in [-0.2, -0.15) is 9.40 Å². The number of carbonyl (C=O) groups excluding carboxylic acids is 1. The van der Waals surface area contributed by atoms with E-state index in [4.69, 9.17) is 0 Å². The number of hydrogen-bond acceptors (Lipinski definition) is 6. The van der Waals surface area contributed by atoms with Crippen LogP contribution in [0, 0.1) is 5.82 Å². The maximum absolute atomic E-state index is 13.0. The van der Waals surface area contributed by atoms with E-state index in [1.807, 2.05) is 0 Å². The number of aromatic nitrogens is 3. The summed E-state index contributed by atoms with van der Waals surface area (Å²) >= 11 is 1.25. The number of nitrogens with one attached hydrogen (secondary N) is 1. The number of sulfonamides is 1. The molecule has 11 heteroatoms. The molecule has 1 aliphatic rings. The van der Waals surface area contributed by atoms with Gasteiger partial charge in [-0.1, -0.05) is 11.8 Å². The Kier molecular flexibility index (Phi) is 5.35. The van der Waals surface area contributed by atoms with Crippen molar-refractivity contribution in [2.45, 2.75) is 10.1 Å². The van der Waals surface area contributed by atoms with E-state index in [1.54, 1.807) is 4.90 Å². The fourth-order valence-corrected chi connectivity index (χ4v) is 4.52. The van der Waals surface area contributed by atoms with E-state index in [0.29, 0.717) is 18.2 Å². The van der Waals surface area contributed by atoms with Crippen LogP contribution in [0.4, 0.5) is 4.39 Å². The summed E-state index contributed by atoms with van der Waals surface area (Å²) in [6.45, 7) is 1.04. The zero-order chi connectivity index (χ0) is 17.9. The first-order valence-electron chi connectivity index (χ1n) is 7.48. The first kappa shape index (κ1) is 17.8. The molecule has 1 aromatic heterocycles. The lowest BCUT2D eigenvalue weighted by Crippen LogP contribution is -2.50. The highest BCUT2D eigenvalue weighted by atomic mass is 32.2. The molecule has 1 aromatic carbocycles. The molecule has 0 bridgehead atoms. The van der Waals surface area contributed by atoms with Crippen molar-refractivity contribution in [3.05, 3.63) is 36.4 Å². The van der Waals surface area contributed by atoms with Gasteiger partial charge in [0.25, 0.3) is 0 Å². The van der Waals surface area contributed by atoms with E-state index in [2.05, 4.69) is 15.2 Å². The molecule has 8 nitrogen and oxygen atoms in total. The Hall–Kier alpha value is -1.98. The fraction of sp³-hybridized carbons (Fsp3) is 0.357. The molecular weight excluding hydrogens is 369 g/mol. The molecule has 1 amide bonds. The van der Waals surface area contributed by atoms with Crippen LogP contribution < -0.4 is 0 Å². The summed E-state index contributed by atoms with van der Waals surface area (Å²) in [5.74, 6) is -0.362. The molecule has 134 valence electrons. The van der Waals surface area contributed by atoms with Gasteiger partial charge < -0.3 is 4.90 Å². The van der Waals surface area contributed by atoms with Gasteiger partial charge in [-0.3, -0.25) is 9.89 Å². The third-order valence-electron chi connectivity index (χ3n) is 3.77. The van der Waals surface area contributed by atoms with Crippen LogP contribution in [-0.4, -0.2) is 70.6 Å². The molecule has 0 saturated carbocycles. The zero-order valence-corrected chi connectivity index (χ0v) is 14.8. The van der Waals surface area contributed by atoms with Crippen LogP contribution in [0.5, 0.6) is 0 Å². The van der Waals surface area contributed by atoms with E-state index >= 15 is 0 Å². The quantitative estimate of drug-likeness (QED) is 0.756. The molecule has 1 fully saturated rings. The van der Waals surface area contributed by atoms with Crippen LogP contribution in [0.3, 0.4) is 0 Å². The van der Waals surface area contributed by atoms with Gasteiger partial charge in [-0.05, 0) is 24.3 Å². The number of piperazine rings is 1. The summed E-state index contributed by atoms with van der Waals surface area (Å²) in [6.07, 6.45) is 1.37. The van der Waals surface area contributed by atoms with Crippen LogP contribution in [0.1, 0.15) is 0 Å². The van der Waals surface area contributed by atoms with Gasteiger partial charge in [0, 0.05) is 26.2 Å². The number of nitrogens with zero attached hydrogens (tertiary/aromatic N) is 4. The van der Waals surface area contributed by atoms with Crippen molar-refractivity contribution in [2.24, 2.45) is 0 Å². The predicted octanol–water partition coefficient (Wildman–Crippen LogP) is 0.569. The third kappa shape index (κ3) is 4.17. The highest BCUT2D eigenvalue weighted by molar-refractivity contribution is 7.99. The number of H-pyrrole nitrogens is 1. The van der Waals surface area contributed by atoms with E-state index in [0.717, 1.165) is 12.1 Å². The lowest BCUT2D eigenvalue weighted by Gasteiger charge is -2.34. The summed E-state index contributed by atoms with van der Waals surface area (Å²) in [7, 11) is -3.68. The molecule has 0 spiro atoms. The predicted molar refractivity (Wildman–Crippen MR) is 88.8 cm³/mol. The number of rotatable bonds is 5. The van der Waals surface area contributed by atoms with Crippen LogP contribution >= 0.6 is 11.8 Å². The number of benzene rings is 1. The van der Waals surface area contributed by atoms with Crippen LogP contribution in [0.2, 0.25) is 0 Å². The summed E-state index contributed by atoms with van der Waals surface area (Å²) < 4.78 is 39.3. The minimum Gasteiger partial charge on any atom is -0.339 e. The highest BCUT2D eigenvalue weighted by Gasteiger charge is 2.30. The largest absolute Gasteiger partial charge is 0.339 e.